The molecule has 3 fully saturated rings. The molecular weight excluding hydrogens is 332 g/mol. The van der Waals surface area contributed by atoms with E-state index in [9.17, 15) is 14.4 Å². The van der Waals surface area contributed by atoms with Gasteiger partial charge in [-0.25, -0.2) is 4.79 Å². The number of nitrogens with two attached hydrogens (primary N) is 1. The van der Waals surface area contributed by atoms with Crippen LogP contribution in [-0.2, 0) is 9.59 Å². The maximum Gasteiger partial charge on any atom is 0.327 e. The fraction of sp³-hybridized carbons (Fsp3) is 0.812. The Bertz CT molecular complexity index is 517. The first-order chi connectivity index (χ1) is 11.0. The molecule has 0 radical (unpaired) electrons. The highest BCUT2D eigenvalue weighted by molar-refractivity contribution is 6.08. The van der Waals surface area contributed by atoms with Crippen LogP contribution in [0.1, 0.15) is 44.9 Å². The zero-order valence-corrected chi connectivity index (χ0v) is 14.9. The minimum Gasteiger partial charge on any atom is -0.353 e. The van der Waals surface area contributed by atoms with Gasteiger partial charge in [0.25, 0.3) is 5.91 Å². The molecule has 7 nitrogen and oxygen atoms in total. The summed E-state index contributed by atoms with van der Waals surface area (Å²) in [6.45, 7) is 0.196. The fourth-order valence-corrected chi connectivity index (χ4v) is 3.79. The maximum absolute atomic E-state index is 12.8. The number of rotatable bonds is 5. The molecule has 0 aromatic rings. The summed E-state index contributed by atoms with van der Waals surface area (Å²) in [5.74, 6) is -0.0302. The highest BCUT2D eigenvalue weighted by atomic mass is 35.5. The van der Waals surface area contributed by atoms with Gasteiger partial charge in [0.1, 0.15) is 12.1 Å². The van der Waals surface area contributed by atoms with E-state index >= 15 is 0 Å². The van der Waals surface area contributed by atoms with Gasteiger partial charge in [-0.05, 0) is 31.6 Å². The molecular formula is C16H27ClN4O3. The Hall–Kier alpha value is -1.34. The standard InChI is InChI=1S/C16H26N4O3.ClH/c1-19-15(23)20(14(22)16(19)7-3-2-4-8-16)10-13(21)18-9-12(17)11-5-6-11;/h11-12H,2-10,17H2,1H3,(H,18,21);1H. The third kappa shape index (κ3) is 3.37. The topological polar surface area (TPSA) is 95.7 Å². The van der Waals surface area contributed by atoms with Crippen LogP contribution in [0.3, 0.4) is 0 Å². The molecule has 3 N–H and O–H groups in total. The predicted molar refractivity (Wildman–Crippen MR) is 91.6 cm³/mol. The van der Waals surface area contributed by atoms with Crippen LogP contribution in [0.15, 0.2) is 0 Å². The number of carbonyl (C=O) groups is 3. The number of halogens is 1. The Morgan fingerprint density at radius 3 is 2.50 bits per heavy atom. The van der Waals surface area contributed by atoms with Gasteiger partial charge < -0.3 is 16.0 Å². The summed E-state index contributed by atoms with van der Waals surface area (Å²) in [5, 5.41) is 2.75. The van der Waals surface area contributed by atoms with Gasteiger partial charge in [0.05, 0.1) is 0 Å². The Morgan fingerprint density at radius 1 is 1.29 bits per heavy atom. The van der Waals surface area contributed by atoms with E-state index in [1.165, 1.54) is 4.90 Å². The number of nitrogens with one attached hydrogen (secondary N) is 1. The third-order valence-corrected chi connectivity index (χ3v) is 5.55. The predicted octanol–water partition coefficient (Wildman–Crippen LogP) is 0.859. The normalized spacial score (nSPS) is 24.1. The smallest absolute Gasteiger partial charge is 0.327 e. The second-order valence-corrected chi connectivity index (χ2v) is 7.13. The van der Waals surface area contributed by atoms with Crippen molar-refractivity contribution in [3.8, 4) is 0 Å². The van der Waals surface area contributed by atoms with Crippen LogP contribution >= 0.6 is 12.4 Å². The number of amides is 4. The Balaban J connectivity index is 0.00000208. The van der Waals surface area contributed by atoms with Gasteiger partial charge >= 0.3 is 6.03 Å². The highest BCUT2D eigenvalue weighted by Gasteiger charge is 2.55. The van der Waals surface area contributed by atoms with E-state index in [0.29, 0.717) is 25.3 Å². The second-order valence-electron chi connectivity index (χ2n) is 7.13. The van der Waals surface area contributed by atoms with Gasteiger partial charge in [0.2, 0.25) is 5.91 Å². The molecule has 1 saturated heterocycles. The summed E-state index contributed by atoms with van der Waals surface area (Å²) in [5.41, 5.74) is 5.23. The Kier molecular flexibility index (Phi) is 5.75. The minimum atomic E-state index is -0.722. The van der Waals surface area contributed by atoms with Crippen molar-refractivity contribution in [3.63, 3.8) is 0 Å². The molecule has 24 heavy (non-hydrogen) atoms. The first-order valence-corrected chi connectivity index (χ1v) is 8.58. The van der Waals surface area contributed by atoms with E-state index in [-0.39, 0.29) is 42.8 Å². The van der Waals surface area contributed by atoms with Gasteiger partial charge in [0.15, 0.2) is 0 Å². The molecule has 1 heterocycles. The zero-order chi connectivity index (χ0) is 16.6. The average Bonchev–Trinajstić information content (AvgIpc) is 3.39. The molecule has 4 amide bonds. The number of imide groups is 1. The monoisotopic (exact) mass is 358 g/mol. The van der Waals surface area contributed by atoms with Crippen molar-refractivity contribution in [2.75, 3.05) is 20.1 Å². The maximum atomic E-state index is 12.8. The lowest BCUT2D eigenvalue weighted by atomic mass is 9.81. The van der Waals surface area contributed by atoms with Crippen molar-refractivity contribution >= 4 is 30.3 Å². The highest BCUT2D eigenvalue weighted by Crippen LogP contribution is 2.39. The van der Waals surface area contributed by atoms with E-state index in [1.54, 1.807) is 7.05 Å². The first kappa shape index (κ1) is 19.0. The van der Waals surface area contributed by atoms with Crippen molar-refractivity contribution in [2.45, 2.75) is 56.5 Å². The summed E-state index contributed by atoms with van der Waals surface area (Å²) >= 11 is 0. The van der Waals surface area contributed by atoms with Crippen LogP contribution in [0.4, 0.5) is 4.79 Å². The molecule has 1 spiro atoms. The summed E-state index contributed by atoms with van der Waals surface area (Å²) in [6, 6.07) is -0.394. The minimum absolute atomic E-state index is 0. The molecule has 1 unspecified atom stereocenters. The summed E-state index contributed by atoms with van der Waals surface area (Å²) in [4.78, 5) is 39.9. The molecule has 0 bridgehead atoms. The van der Waals surface area contributed by atoms with E-state index in [2.05, 4.69) is 5.32 Å². The molecule has 0 aromatic carbocycles. The molecule has 3 rings (SSSR count). The van der Waals surface area contributed by atoms with Crippen molar-refractivity contribution in [2.24, 2.45) is 11.7 Å². The van der Waals surface area contributed by atoms with Crippen LogP contribution in [0.5, 0.6) is 0 Å². The average molecular weight is 359 g/mol. The largest absolute Gasteiger partial charge is 0.353 e. The number of likely N-dealkylation sites (N-methyl/N-ethyl adjacent to an activating group) is 1. The van der Waals surface area contributed by atoms with Gasteiger partial charge in [0, 0.05) is 19.6 Å². The first-order valence-electron chi connectivity index (χ1n) is 8.58. The van der Waals surface area contributed by atoms with Crippen molar-refractivity contribution in [1.29, 1.82) is 0 Å². The SMILES string of the molecule is CN1C(=O)N(CC(=O)NCC(N)C2CC2)C(=O)C12CCCCC2.Cl. The zero-order valence-electron chi connectivity index (χ0n) is 14.1. The number of hydrogen-bond donors (Lipinski definition) is 2. The van der Waals surface area contributed by atoms with E-state index < -0.39 is 5.54 Å². The van der Waals surface area contributed by atoms with Gasteiger partial charge in [-0.15, -0.1) is 12.4 Å². The molecule has 1 atom stereocenters. The lowest BCUT2D eigenvalue weighted by Crippen LogP contribution is -2.49. The number of urea groups is 1. The summed E-state index contributed by atoms with van der Waals surface area (Å²) < 4.78 is 0. The van der Waals surface area contributed by atoms with Crippen molar-refractivity contribution in [1.82, 2.24) is 15.1 Å². The lowest BCUT2D eigenvalue weighted by molar-refractivity contribution is -0.137. The molecule has 3 aliphatic rings. The fourth-order valence-electron chi connectivity index (χ4n) is 3.79. The van der Waals surface area contributed by atoms with E-state index in [1.807, 2.05) is 0 Å². The van der Waals surface area contributed by atoms with Gasteiger partial charge in [-0.2, -0.15) is 0 Å². The quantitative estimate of drug-likeness (QED) is 0.712. The van der Waals surface area contributed by atoms with E-state index in [0.717, 1.165) is 37.0 Å². The number of carbonyl (C=O) groups excluding carboxylic acids is 3. The van der Waals surface area contributed by atoms with Gasteiger partial charge in [-0.3, -0.25) is 14.5 Å². The van der Waals surface area contributed by atoms with Crippen molar-refractivity contribution < 1.29 is 14.4 Å². The van der Waals surface area contributed by atoms with Crippen LogP contribution in [0, 0.1) is 5.92 Å². The van der Waals surface area contributed by atoms with Crippen molar-refractivity contribution in [3.05, 3.63) is 0 Å². The summed E-state index contributed by atoms with van der Waals surface area (Å²) in [7, 11) is 1.67. The second kappa shape index (κ2) is 7.27. The Morgan fingerprint density at radius 2 is 1.92 bits per heavy atom. The Labute approximate surface area is 148 Å². The molecule has 2 aliphatic carbocycles. The molecule has 8 heteroatoms. The van der Waals surface area contributed by atoms with E-state index in [4.69, 9.17) is 5.73 Å². The van der Waals surface area contributed by atoms with Crippen LogP contribution in [0.2, 0.25) is 0 Å². The third-order valence-electron chi connectivity index (χ3n) is 5.55. The van der Waals surface area contributed by atoms with Gasteiger partial charge in [-0.1, -0.05) is 19.3 Å². The van der Waals surface area contributed by atoms with Crippen LogP contribution in [-0.4, -0.2) is 59.4 Å². The number of nitrogens with zero attached hydrogens (tertiary/aromatic N) is 2. The number of hydrogen-bond acceptors (Lipinski definition) is 4. The van der Waals surface area contributed by atoms with Crippen LogP contribution in [0.25, 0.3) is 0 Å². The molecule has 1 aliphatic heterocycles. The van der Waals surface area contributed by atoms with Crippen LogP contribution < -0.4 is 11.1 Å². The molecule has 0 aromatic heterocycles. The molecule has 2 saturated carbocycles. The lowest BCUT2D eigenvalue weighted by Gasteiger charge is -2.35. The molecule has 136 valence electrons. The summed E-state index contributed by atoms with van der Waals surface area (Å²) in [6.07, 6.45) is 6.61.